The first-order valence-corrected chi connectivity index (χ1v) is 8.48. The van der Waals surface area contributed by atoms with Crippen molar-refractivity contribution in [3.63, 3.8) is 0 Å². The van der Waals surface area contributed by atoms with Gasteiger partial charge in [0.05, 0.1) is 22.7 Å². The molecule has 6 heteroatoms. The molecule has 1 aromatic heterocycles. The SMILES string of the molecule is CC(C)CN(CCC(=O)O)C(=O)c1cc(-c2ccccn2)ccc1Cl. The molecule has 0 fully saturated rings. The van der Waals surface area contributed by atoms with E-state index in [9.17, 15) is 9.59 Å². The molecule has 0 saturated carbocycles. The average Bonchev–Trinajstić information content (AvgIpc) is 2.59. The molecule has 0 aliphatic heterocycles. The van der Waals surface area contributed by atoms with Crippen LogP contribution in [0.4, 0.5) is 0 Å². The second-order valence-corrected chi connectivity index (χ2v) is 6.61. The van der Waals surface area contributed by atoms with E-state index in [0.29, 0.717) is 17.1 Å². The van der Waals surface area contributed by atoms with E-state index in [1.165, 1.54) is 0 Å². The first-order valence-electron chi connectivity index (χ1n) is 8.10. The summed E-state index contributed by atoms with van der Waals surface area (Å²) in [5.74, 6) is -0.983. The summed E-state index contributed by atoms with van der Waals surface area (Å²) in [5, 5.41) is 9.27. The lowest BCUT2D eigenvalue weighted by Crippen LogP contribution is -2.36. The van der Waals surface area contributed by atoms with Crippen LogP contribution >= 0.6 is 11.6 Å². The fraction of sp³-hybridized carbons (Fsp3) is 0.316. The summed E-state index contributed by atoms with van der Waals surface area (Å²) >= 11 is 6.24. The van der Waals surface area contributed by atoms with Gasteiger partial charge in [0.1, 0.15) is 0 Å². The number of aromatic nitrogens is 1. The van der Waals surface area contributed by atoms with Gasteiger partial charge < -0.3 is 10.0 Å². The van der Waals surface area contributed by atoms with Gasteiger partial charge >= 0.3 is 5.97 Å². The molecule has 0 spiro atoms. The molecule has 1 N–H and O–H groups in total. The normalized spacial score (nSPS) is 10.7. The van der Waals surface area contributed by atoms with Crippen molar-refractivity contribution in [1.82, 2.24) is 9.88 Å². The molecule has 2 aromatic rings. The van der Waals surface area contributed by atoms with Gasteiger partial charge in [-0.15, -0.1) is 0 Å². The van der Waals surface area contributed by atoms with Crippen molar-refractivity contribution in [2.24, 2.45) is 5.92 Å². The molecule has 5 nitrogen and oxygen atoms in total. The van der Waals surface area contributed by atoms with Gasteiger partial charge in [0, 0.05) is 24.8 Å². The number of hydrogen-bond acceptors (Lipinski definition) is 3. The van der Waals surface area contributed by atoms with Gasteiger partial charge in [-0.25, -0.2) is 0 Å². The quantitative estimate of drug-likeness (QED) is 0.810. The van der Waals surface area contributed by atoms with Crippen molar-refractivity contribution in [3.8, 4) is 11.3 Å². The summed E-state index contributed by atoms with van der Waals surface area (Å²) in [6, 6.07) is 10.7. The number of amides is 1. The smallest absolute Gasteiger partial charge is 0.305 e. The maximum atomic E-state index is 12.9. The van der Waals surface area contributed by atoms with Crippen LogP contribution in [0, 0.1) is 5.92 Å². The summed E-state index contributed by atoms with van der Waals surface area (Å²) in [7, 11) is 0. The van der Waals surface area contributed by atoms with Gasteiger partial charge in [0.15, 0.2) is 0 Å². The third kappa shape index (κ3) is 5.29. The topological polar surface area (TPSA) is 70.5 Å². The van der Waals surface area contributed by atoms with Gasteiger partial charge in [-0.1, -0.05) is 37.6 Å². The fourth-order valence-electron chi connectivity index (χ4n) is 2.50. The first kappa shape index (κ1) is 18.9. The molecule has 0 atom stereocenters. The van der Waals surface area contributed by atoms with E-state index in [4.69, 9.17) is 16.7 Å². The summed E-state index contributed by atoms with van der Waals surface area (Å²) in [4.78, 5) is 29.6. The Morgan fingerprint density at radius 1 is 1.24 bits per heavy atom. The standard InChI is InChI=1S/C19H21ClN2O3/c1-13(2)12-22(10-8-18(23)24)19(25)15-11-14(6-7-16(15)20)17-5-3-4-9-21-17/h3-7,9,11,13H,8,10,12H2,1-2H3,(H,23,24). The highest BCUT2D eigenvalue weighted by Gasteiger charge is 2.21. The number of pyridine rings is 1. The van der Waals surface area contributed by atoms with Crippen LogP contribution in [-0.4, -0.2) is 40.0 Å². The number of benzene rings is 1. The van der Waals surface area contributed by atoms with E-state index in [1.54, 1.807) is 23.2 Å². The number of carbonyl (C=O) groups is 2. The third-order valence-corrected chi connectivity index (χ3v) is 3.96. The molecule has 2 rings (SSSR count). The zero-order valence-electron chi connectivity index (χ0n) is 14.3. The van der Waals surface area contributed by atoms with Crippen molar-refractivity contribution < 1.29 is 14.7 Å². The predicted molar refractivity (Wildman–Crippen MR) is 97.7 cm³/mol. The summed E-state index contributed by atoms with van der Waals surface area (Å²) in [5.41, 5.74) is 1.89. The number of aliphatic carboxylic acids is 1. The Hall–Kier alpha value is -2.40. The number of carboxylic acid groups (broad SMARTS) is 1. The molecule has 0 saturated heterocycles. The van der Waals surface area contributed by atoms with Crippen molar-refractivity contribution >= 4 is 23.5 Å². The zero-order chi connectivity index (χ0) is 18.4. The molecule has 0 bridgehead atoms. The number of rotatable bonds is 7. The summed E-state index contributed by atoms with van der Waals surface area (Å²) in [6.07, 6.45) is 1.58. The van der Waals surface area contributed by atoms with Gasteiger partial charge in [-0.3, -0.25) is 14.6 Å². The molecule has 25 heavy (non-hydrogen) atoms. The lowest BCUT2D eigenvalue weighted by atomic mass is 10.1. The fourth-order valence-corrected chi connectivity index (χ4v) is 2.70. The zero-order valence-corrected chi connectivity index (χ0v) is 15.0. The first-order chi connectivity index (χ1) is 11.9. The molecule has 0 unspecified atom stereocenters. The molecule has 0 radical (unpaired) electrons. The van der Waals surface area contributed by atoms with Crippen LogP contribution < -0.4 is 0 Å². The highest BCUT2D eigenvalue weighted by atomic mass is 35.5. The molecule has 132 valence electrons. The lowest BCUT2D eigenvalue weighted by molar-refractivity contribution is -0.137. The number of carboxylic acids is 1. The lowest BCUT2D eigenvalue weighted by Gasteiger charge is -2.24. The van der Waals surface area contributed by atoms with Crippen LogP contribution in [0.3, 0.4) is 0 Å². The van der Waals surface area contributed by atoms with Crippen LogP contribution in [0.1, 0.15) is 30.6 Å². The van der Waals surface area contributed by atoms with Crippen LogP contribution in [0.5, 0.6) is 0 Å². The summed E-state index contributed by atoms with van der Waals surface area (Å²) in [6.45, 7) is 4.58. The molecular weight excluding hydrogens is 340 g/mol. The van der Waals surface area contributed by atoms with E-state index in [0.717, 1.165) is 11.3 Å². The van der Waals surface area contributed by atoms with E-state index in [1.807, 2.05) is 38.1 Å². The van der Waals surface area contributed by atoms with Crippen molar-refractivity contribution in [2.45, 2.75) is 20.3 Å². The average molecular weight is 361 g/mol. The highest BCUT2D eigenvalue weighted by molar-refractivity contribution is 6.34. The number of carbonyl (C=O) groups excluding carboxylic acids is 1. The summed E-state index contributed by atoms with van der Waals surface area (Å²) < 4.78 is 0. The Morgan fingerprint density at radius 3 is 2.60 bits per heavy atom. The molecule has 0 aliphatic rings. The minimum atomic E-state index is -0.935. The van der Waals surface area contributed by atoms with Crippen LogP contribution in [0.25, 0.3) is 11.3 Å². The maximum Gasteiger partial charge on any atom is 0.305 e. The number of halogens is 1. The largest absolute Gasteiger partial charge is 0.481 e. The van der Waals surface area contributed by atoms with E-state index < -0.39 is 5.97 Å². The minimum Gasteiger partial charge on any atom is -0.481 e. The van der Waals surface area contributed by atoms with E-state index >= 15 is 0 Å². The second kappa shape index (κ2) is 8.62. The van der Waals surface area contributed by atoms with Crippen molar-refractivity contribution in [1.29, 1.82) is 0 Å². The van der Waals surface area contributed by atoms with Crippen molar-refractivity contribution in [2.75, 3.05) is 13.1 Å². The Balaban J connectivity index is 2.33. The number of hydrogen-bond donors (Lipinski definition) is 1. The molecule has 0 aliphatic carbocycles. The molecule has 1 aromatic carbocycles. The Bertz CT molecular complexity index is 748. The number of nitrogens with zero attached hydrogens (tertiary/aromatic N) is 2. The Labute approximate surface area is 152 Å². The Kier molecular flexibility index (Phi) is 6.53. The van der Waals surface area contributed by atoms with E-state index in [2.05, 4.69) is 4.98 Å². The van der Waals surface area contributed by atoms with Crippen molar-refractivity contribution in [3.05, 3.63) is 53.2 Å². The third-order valence-electron chi connectivity index (χ3n) is 3.63. The monoisotopic (exact) mass is 360 g/mol. The van der Waals surface area contributed by atoms with Gasteiger partial charge in [0.25, 0.3) is 5.91 Å². The van der Waals surface area contributed by atoms with Gasteiger partial charge in [-0.05, 0) is 30.2 Å². The molecule has 1 heterocycles. The Morgan fingerprint density at radius 2 is 2.00 bits per heavy atom. The van der Waals surface area contributed by atoms with Crippen LogP contribution in [-0.2, 0) is 4.79 Å². The van der Waals surface area contributed by atoms with Gasteiger partial charge in [0.2, 0.25) is 0 Å². The van der Waals surface area contributed by atoms with E-state index in [-0.39, 0.29) is 24.8 Å². The molecule has 1 amide bonds. The van der Waals surface area contributed by atoms with Gasteiger partial charge in [-0.2, -0.15) is 0 Å². The minimum absolute atomic E-state index is 0.101. The van der Waals surface area contributed by atoms with Crippen LogP contribution in [0.2, 0.25) is 5.02 Å². The second-order valence-electron chi connectivity index (χ2n) is 6.20. The van der Waals surface area contributed by atoms with Crippen LogP contribution in [0.15, 0.2) is 42.6 Å². The maximum absolute atomic E-state index is 12.9. The predicted octanol–water partition coefficient (Wildman–Crippen LogP) is 3.97. The molecular formula is C19H21ClN2O3. The highest BCUT2D eigenvalue weighted by Crippen LogP contribution is 2.25.